The van der Waals surface area contributed by atoms with Gasteiger partial charge in [-0.25, -0.2) is 5.01 Å². The second-order valence-electron chi connectivity index (χ2n) is 18.1. The molecule has 0 fully saturated rings. The predicted molar refractivity (Wildman–Crippen MR) is 199 cm³/mol. The number of para-hydroxylation sites is 1. The van der Waals surface area contributed by atoms with Crippen molar-refractivity contribution in [1.29, 1.82) is 0 Å². The predicted octanol–water partition coefficient (Wildman–Crippen LogP) is 11.8. The largest absolute Gasteiger partial charge is 0.304 e. The smallest absolute Gasteiger partial charge is 0.162 e. The number of benzene rings is 3. The van der Waals surface area contributed by atoms with E-state index in [9.17, 15) is 0 Å². The molecule has 244 valence electrons. The molecule has 45 heavy (non-hydrogen) atoms. The highest BCUT2D eigenvalue weighted by atomic mass is 15.6. The first-order chi connectivity index (χ1) is 20.5. The summed E-state index contributed by atoms with van der Waals surface area (Å²) in [5.74, 6) is 1.80. The van der Waals surface area contributed by atoms with Gasteiger partial charge in [0.1, 0.15) is 6.67 Å². The summed E-state index contributed by atoms with van der Waals surface area (Å²) in [6, 6.07) is 21.2. The number of amidine groups is 1. The molecule has 3 aromatic carbocycles. The van der Waals surface area contributed by atoms with Crippen molar-refractivity contribution in [2.45, 2.75) is 144 Å². The fraction of sp³-hybridized carbons (Fsp3) is 0.548. The van der Waals surface area contributed by atoms with Gasteiger partial charge in [-0.2, -0.15) is 5.10 Å². The van der Waals surface area contributed by atoms with Gasteiger partial charge in [-0.05, 0) is 91.1 Å². The maximum atomic E-state index is 5.56. The number of hydrogen-bond acceptors (Lipinski definition) is 3. The van der Waals surface area contributed by atoms with Gasteiger partial charge in [0, 0.05) is 5.56 Å². The number of hydrazone groups is 1. The molecule has 0 amide bonds. The molecule has 3 nitrogen and oxygen atoms in total. The van der Waals surface area contributed by atoms with Crippen LogP contribution in [0.4, 0.5) is 11.4 Å². The number of rotatable bonds is 5. The van der Waals surface area contributed by atoms with Crippen molar-refractivity contribution in [2.75, 3.05) is 16.6 Å². The van der Waals surface area contributed by atoms with E-state index in [-0.39, 0.29) is 21.7 Å². The van der Waals surface area contributed by atoms with Crippen LogP contribution in [0.15, 0.2) is 59.7 Å². The molecular formula is C42H61N3. The summed E-state index contributed by atoms with van der Waals surface area (Å²) in [4.78, 5) is 2.51. The van der Waals surface area contributed by atoms with Crippen molar-refractivity contribution in [3.63, 3.8) is 0 Å². The zero-order valence-corrected chi connectivity index (χ0v) is 31.4. The van der Waals surface area contributed by atoms with E-state index in [0.717, 1.165) is 11.5 Å². The molecule has 0 bridgehead atoms. The molecule has 1 aliphatic heterocycles. The molecule has 1 heterocycles. The molecule has 0 saturated heterocycles. The third-order valence-electron chi connectivity index (χ3n) is 9.23. The minimum atomic E-state index is 0.0152. The van der Waals surface area contributed by atoms with Crippen LogP contribution in [-0.2, 0) is 21.7 Å². The second-order valence-corrected chi connectivity index (χ2v) is 18.1. The van der Waals surface area contributed by atoms with Crippen molar-refractivity contribution in [3.05, 3.63) is 93.5 Å². The quantitative estimate of drug-likeness (QED) is 0.287. The van der Waals surface area contributed by atoms with Crippen LogP contribution in [0.5, 0.6) is 0 Å². The Morgan fingerprint density at radius 3 is 1.29 bits per heavy atom. The summed E-state index contributed by atoms with van der Waals surface area (Å²) < 4.78 is 0. The maximum Gasteiger partial charge on any atom is 0.162 e. The average Bonchev–Trinajstić information content (AvgIpc) is 3.35. The number of anilines is 2. The van der Waals surface area contributed by atoms with Crippen LogP contribution in [-0.4, -0.2) is 12.5 Å². The maximum absolute atomic E-state index is 5.56. The number of nitrogens with zero attached hydrogens (tertiary/aromatic N) is 3. The highest BCUT2D eigenvalue weighted by Gasteiger charge is 2.34. The monoisotopic (exact) mass is 607 g/mol. The van der Waals surface area contributed by atoms with Crippen LogP contribution in [0.2, 0.25) is 0 Å². The molecule has 0 aliphatic carbocycles. The average molecular weight is 608 g/mol. The first-order valence-electron chi connectivity index (χ1n) is 17.1. The van der Waals surface area contributed by atoms with Gasteiger partial charge in [-0.1, -0.05) is 141 Å². The van der Waals surface area contributed by atoms with E-state index in [1.54, 1.807) is 0 Å². The van der Waals surface area contributed by atoms with Crippen LogP contribution in [0.25, 0.3) is 0 Å². The SMILES string of the molecule is CC(C)c1cccc(C(C)C)c1N1CN(c2cc(C(C)(C)C)cc(C(C)(C)C)c2)N=C1c1cc(C(C)(C)C)cc(C(C)(C)C)c1. The van der Waals surface area contributed by atoms with Gasteiger partial charge in [0.25, 0.3) is 0 Å². The van der Waals surface area contributed by atoms with Gasteiger partial charge in [0.15, 0.2) is 5.84 Å². The highest BCUT2D eigenvalue weighted by Crippen LogP contribution is 2.41. The molecule has 4 rings (SSSR count). The molecule has 3 aromatic rings. The van der Waals surface area contributed by atoms with Crippen LogP contribution >= 0.6 is 0 Å². The Morgan fingerprint density at radius 2 is 0.933 bits per heavy atom. The normalized spacial score (nSPS) is 15.0. The zero-order valence-electron chi connectivity index (χ0n) is 31.4. The Bertz CT molecular complexity index is 1470. The van der Waals surface area contributed by atoms with Gasteiger partial charge >= 0.3 is 0 Å². The summed E-state index contributed by atoms with van der Waals surface area (Å²) in [6.07, 6.45) is 0. The lowest BCUT2D eigenvalue weighted by Gasteiger charge is -2.31. The summed E-state index contributed by atoms with van der Waals surface area (Å²) in [5, 5.41) is 7.81. The van der Waals surface area contributed by atoms with Gasteiger partial charge < -0.3 is 4.90 Å². The topological polar surface area (TPSA) is 18.8 Å². The molecule has 1 aliphatic rings. The van der Waals surface area contributed by atoms with E-state index in [0.29, 0.717) is 18.5 Å². The first-order valence-corrected chi connectivity index (χ1v) is 17.1. The van der Waals surface area contributed by atoms with E-state index in [1.165, 1.54) is 44.6 Å². The Labute approximate surface area is 276 Å². The van der Waals surface area contributed by atoms with Crippen LogP contribution in [0.1, 0.15) is 162 Å². The fourth-order valence-electron chi connectivity index (χ4n) is 6.00. The second kappa shape index (κ2) is 11.9. The molecular weight excluding hydrogens is 546 g/mol. The molecule has 3 heteroatoms. The van der Waals surface area contributed by atoms with Crippen LogP contribution < -0.4 is 9.91 Å². The molecule has 0 aromatic heterocycles. The molecule has 0 radical (unpaired) electrons. The molecule has 0 atom stereocenters. The standard InChI is InChI=1S/C42H61N3/c1-27(2)35-18-17-19-36(28(3)4)37(35)44-26-45(34-24-32(41(11,12)13)23-33(25-34)42(14,15)16)43-38(44)29-20-30(39(5,6)7)22-31(21-29)40(8,9)10/h17-25,27-28H,26H2,1-16H3. The fourth-order valence-corrected chi connectivity index (χ4v) is 6.00. The van der Waals surface area contributed by atoms with Crippen LogP contribution in [0, 0.1) is 0 Å². The third-order valence-corrected chi connectivity index (χ3v) is 9.23. The van der Waals surface area contributed by atoms with E-state index in [1.807, 2.05) is 0 Å². The van der Waals surface area contributed by atoms with Crippen molar-refractivity contribution in [1.82, 2.24) is 0 Å². The first kappa shape index (κ1) is 34.8. The summed E-state index contributed by atoms with van der Waals surface area (Å²) in [6.45, 7) is 37.7. The van der Waals surface area contributed by atoms with Gasteiger partial charge in [-0.3, -0.25) is 0 Å². The summed E-state index contributed by atoms with van der Waals surface area (Å²) >= 11 is 0. The van der Waals surface area contributed by atoms with Gasteiger partial charge in [0.05, 0.1) is 11.4 Å². The van der Waals surface area contributed by atoms with Gasteiger partial charge in [0.2, 0.25) is 0 Å². The van der Waals surface area contributed by atoms with E-state index in [4.69, 9.17) is 5.10 Å². The van der Waals surface area contributed by atoms with Crippen molar-refractivity contribution in [3.8, 4) is 0 Å². The van der Waals surface area contributed by atoms with E-state index in [2.05, 4.69) is 175 Å². The number of hydrogen-bond donors (Lipinski definition) is 0. The lowest BCUT2D eigenvalue weighted by molar-refractivity contribution is 0.567. The van der Waals surface area contributed by atoms with Crippen molar-refractivity contribution in [2.24, 2.45) is 5.10 Å². The third kappa shape index (κ3) is 7.50. The van der Waals surface area contributed by atoms with Crippen molar-refractivity contribution >= 4 is 17.2 Å². The summed E-state index contributed by atoms with van der Waals surface area (Å²) in [7, 11) is 0. The lowest BCUT2D eigenvalue weighted by Crippen LogP contribution is -2.34. The highest BCUT2D eigenvalue weighted by molar-refractivity contribution is 6.13. The van der Waals surface area contributed by atoms with Crippen molar-refractivity contribution < 1.29 is 0 Å². The molecule has 0 unspecified atom stereocenters. The van der Waals surface area contributed by atoms with E-state index >= 15 is 0 Å². The van der Waals surface area contributed by atoms with Gasteiger partial charge in [-0.15, -0.1) is 0 Å². The Hall–Kier alpha value is -3.07. The zero-order chi connectivity index (χ0) is 33.9. The van der Waals surface area contributed by atoms with Crippen LogP contribution in [0.3, 0.4) is 0 Å². The van der Waals surface area contributed by atoms with E-state index < -0.39 is 0 Å². The molecule has 0 saturated carbocycles. The summed E-state index contributed by atoms with van der Waals surface area (Å²) in [5.41, 5.74) is 11.9. The molecule has 0 N–H and O–H groups in total. The lowest BCUT2D eigenvalue weighted by atomic mass is 9.79. The Balaban J connectivity index is 2.06. The molecule has 0 spiro atoms. The minimum absolute atomic E-state index is 0.0152. The minimum Gasteiger partial charge on any atom is -0.304 e. The Morgan fingerprint density at radius 1 is 0.556 bits per heavy atom. The Kier molecular flexibility index (Phi) is 9.23.